The van der Waals surface area contributed by atoms with Crippen LogP contribution in [-0.2, 0) is 6.42 Å². The minimum absolute atomic E-state index is 0.533. The topological polar surface area (TPSA) is 20.7 Å². The molecule has 1 unspecified atom stereocenters. The Kier molecular flexibility index (Phi) is 5.81. The Morgan fingerprint density at radius 2 is 2.06 bits per heavy atom. The number of nitrogens with one attached hydrogen (secondary N) is 1. The van der Waals surface area contributed by atoms with Crippen molar-refractivity contribution < 1.29 is 0 Å². The van der Waals surface area contributed by atoms with Gasteiger partial charge in [-0.05, 0) is 32.0 Å². The maximum absolute atomic E-state index is 5.32. The SMILES string of the molecule is CCCCCCC(C)n1c(CC)c[nH]c1=S. The minimum Gasteiger partial charge on any atom is -0.337 e. The summed E-state index contributed by atoms with van der Waals surface area (Å²) in [6, 6.07) is 0.533. The van der Waals surface area contributed by atoms with E-state index in [-0.39, 0.29) is 0 Å². The minimum atomic E-state index is 0.533. The highest BCUT2D eigenvalue weighted by Gasteiger charge is 2.09. The number of nitrogens with zero attached hydrogens (tertiary/aromatic N) is 1. The van der Waals surface area contributed by atoms with E-state index in [1.165, 1.54) is 37.8 Å². The zero-order valence-electron chi connectivity index (χ0n) is 10.8. The van der Waals surface area contributed by atoms with E-state index in [1.807, 2.05) is 6.20 Å². The zero-order valence-corrected chi connectivity index (χ0v) is 11.6. The summed E-state index contributed by atoms with van der Waals surface area (Å²) in [5.41, 5.74) is 1.33. The first-order valence-electron chi connectivity index (χ1n) is 6.49. The van der Waals surface area contributed by atoms with E-state index in [1.54, 1.807) is 0 Å². The smallest absolute Gasteiger partial charge is 0.177 e. The first kappa shape index (κ1) is 13.5. The Balaban J connectivity index is 2.54. The zero-order chi connectivity index (χ0) is 12.0. The van der Waals surface area contributed by atoms with E-state index in [2.05, 4.69) is 30.3 Å². The van der Waals surface area contributed by atoms with Crippen LogP contribution in [0.4, 0.5) is 0 Å². The second kappa shape index (κ2) is 6.89. The van der Waals surface area contributed by atoms with Crippen LogP contribution in [0.1, 0.15) is 64.6 Å². The van der Waals surface area contributed by atoms with Crippen molar-refractivity contribution in [3.8, 4) is 0 Å². The molecule has 0 radical (unpaired) electrons. The Hall–Kier alpha value is -0.570. The molecule has 2 nitrogen and oxygen atoms in total. The highest BCUT2D eigenvalue weighted by atomic mass is 32.1. The van der Waals surface area contributed by atoms with Gasteiger partial charge in [0.1, 0.15) is 0 Å². The lowest BCUT2D eigenvalue weighted by Crippen LogP contribution is -2.08. The van der Waals surface area contributed by atoms with Crippen LogP contribution in [-0.4, -0.2) is 9.55 Å². The van der Waals surface area contributed by atoms with Crippen molar-refractivity contribution in [3.05, 3.63) is 16.7 Å². The van der Waals surface area contributed by atoms with E-state index in [4.69, 9.17) is 12.2 Å². The molecule has 3 heteroatoms. The molecule has 1 aromatic rings. The number of H-pyrrole nitrogens is 1. The molecule has 16 heavy (non-hydrogen) atoms. The molecular weight excluding hydrogens is 216 g/mol. The normalized spacial score (nSPS) is 12.9. The van der Waals surface area contributed by atoms with Crippen LogP contribution < -0.4 is 0 Å². The predicted molar refractivity (Wildman–Crippen MR) is 72.5 cm³/mol. The standard InChI is InChI=1S/C13H24N2S/c1-4-6-7-8-9-11(3)15-12(5-2)10-14-13(15)16/h10-11H,4-9H2,1-3H3,(H,14,16). The molecule has 1 N–H and O–H groups in total. The lowest BCUT2D eigenvalue weighted by molar-refractivity contribution is 0.458. The number of unbranched alkanes of at least 4 members (excludes halogenated alkanes) is 3. The van der Waals surface area contributed by atoms with Crippen LogP contribution >= 0.6 is 12.2 Å². The molecule has 1 rings (SSSR count). The molecule has 0 aliphatic rings. The van der Waals surface area contributed by atoms with Crippen LogP contribution in [0.3, 0.4) is 0 Å². The van der Waals surface area contributed by atoms with Gasteiger partial charge in [-0.2, -0.15) is 0 Å². The quantitative estimate of drug-likeness (QED) is 0.544. The third-order valence-corrected chi connectivity index (χ3v) is 3.48. The highest BCUT2D eigenvalue weighted by Crippen LogP contribution is 2.19. The number of hydrogen-bond donors (Lipinski definition) is 1. The Labute approximate surface area is 104 Å². The van der Waals surface area contributed by atoms with Crippen LogP contribution in [0, 0.1) is 4.77 Å². The van der Waals surface area contributed by atoms with E-state index >= 15 is 0 Å². The summed E-state index contributed by atoms with van der Waals surface area (Å²) in [6.07, 6.45) is 9.64. The fourth-order valence-corrected chi connectivity index (χ4v) is 2.52. The summed E-state index contributed by atoms with van der Waals surface area (Å²) in [4.78, 5) is 3.15. The van der Waals surface area contributed by atoms with E-state index < -0.39 is 0 Å². The van der Waals surface area contributed by atoms with Gasteiger partial charge >= 0.3 is 0 Å². The Bertz CT molecular complexity index is 351. The number of hydrogen-bond acceptors (Lipinski definition) is 1. The van der Waals surface area contributed by atoms with E-state index in [0.717, 1.165) is 11.2 Å². The van der Waals surface area contributed by atoms with Gasteiger partial charge in [0.25, 0.3) is 0 Å². The number of aryl methyl sites for hydroxylation is 1. The monoisotopic (exact) mass is 240 g/mol. The molecule has 0 spiro atoms. The molecule has 1 aromatic heterocycles. The molecule has 0 bridgehead atoms. The molecule has 1 atom stereocenters. The van der Waals surface area contributed by atoms with Gasteiger partial charge in [-0.1, -0.05) is 39.5 Å². The van der Waals surface area contributed by atoms with Crippen molar-refractivity contribution in [1.82, 2.24) is 9.55 Å². The molecule has 0 aliphatic carbocycles. The van der Waals surface area contributed by atoms with Gasteiger partial charge in [0.15, 0.2) is 4.77 Å². The largest absolute Gasteiger partial charge is 0.337 e. The van der Waals surface area contributed by atoms with Gasteiger partial charge in [0.05, 0.1) is 0 Å². The van der Waals surface area contributed by atoms with Crippen LogP contribution in [0.25, 0.3) is 0 Å². The predicted octanol–water partition coefficient (Wildman–Crippen LogP) is 4.64. The maximum Gasteiger partial charge on any atom is 0.177 e. The van der Waals surface area contributed by atoms with Crippen LogP contribution in [0.15, 0.2) is 6.20 Å². The molecule has 1 heterocycles. The lowest BCUT2D eigenvalue weighted by Gasteiger charge is -2.16. The Morgan fingerprint density at radius 1 is 1.31 bits per heavy atom. The highest BCUT2D eigenvalue weighted by molar-refractivity contribution is 7.71. The first-order chi connectivity index (χ1) is 7.70. The van der Waals surface area contributed by atoms with Gasteiger partial charge in [0.2, 0.25) is 0 Å². The molecule has 92 valence electrons. The molecule has 0 aromatic carbocycles. The summed E-state index contributed by atoms with van der Waals surface area (Å²) >= 11 is 5.32. The summed E-state index contributed by atoms with van der Waals surface area (Å²) in [5.74, 6) is 0. The lowest BCUT2D eigenvalue weighted by atomic mass is 10.1. The molecule has 0 saturated carbocycles. The van der Waals surface area contributed by atoms with E-state index in [0.29, 0.717) is 6.04 Å². The van der Waals surface area contributed by atoms with E-state index in [9.17, 15) is 0 Å². The van der Waals surface area contributed by atoms with Crippen LogP contribution in [0.2, 0.25) is 0 Å². The average molecular weight is 240 g/mol. The molecule has 0 saturated heterocycles. The summed E-state index contributed by atoms with van der Waals surface area (Å²) in [6.45, 7) is 6.70. The van der Waals surface area contributed by atoms with Crippen molar-refractivity contribution in [1.29, 1.82) is 0 Å². The van der Waals surface area contributed by atoms with Gasteiger partial charge in [0, 0.05) is 17.9 Å². The molecule has 0 fully saturated rings. The van der Waals surface area contributed by atoms with Gasteiger partial charge < -0.3 is 9.55 Å². The number of rotatable bonds is 7. The third-order valence-electron chi connectivity index (χ3n) is 3.17. The third kappa shape index (κ3) is 3.48. The van der Waals surface area contributed by atoms with Crippen molar-refractivity contribution in [2.45, 2.75) is 65.3 Å². The van der Waals surface area contributed by atoms with Crippen molar-refractivity contribution in [2.24, 2.45) is 0 Å². The summed E-state index contributed by atoms with van der Waals surface area (Å²) < 4.78 is 3.15. The molecular formula is C13H24N2S. The number of aromatic nitrogens is 2. The van der Waals surface area contributed by atoms with Gasteiger partial charge in [-0.15, -0.1) is 0 Å². The van der Waals surface area contributed by atoms with Crippen molar-refractivity contribution in [3.63, 3.8) is 0 Å². The molecule has 0 amide bonds. The maximum atomic E-state index is 5.32. The van der Waals surface area contributed by atoms with Crippen molar-refractivity contribution >= 4 is 12.2 Å². The first-order valence-corrected chi connectivity index (χ1v) is 6.90. The average Bonchev–Trinajstić information content (AvgIpc) is 2.65. The molecule has 0 aliphatic heterocycles. The second-order valence-electron chi connectivity index (χ2n) is 4.51. The summed E-state index contributed by atoms with van der Waals surface area (Å²) in [7, 11) is 0. The summed E-state index contributed by atoms with van der Waals surface area (Å²) in [5, 5.41) is 0. The van der Waals surface area contributed by atoms with Crippen LogP contribution in [0.5, 0.6) is 0 Å². The Morgan fingerprint density at radius 3 is 2.69 bits per heavy atom. The fraction of sp³-hybridized carbons (Fsp3) is 0.769. The van der Waals surface area contributed by atoms with Crippen molar-refractivity contribution in [2.75, 3.05) is 0 Å². The van der Waals surface area contributed by atoms with Gasteiger partial charge in [-0.25, -0.2) is 0 Å². The fourth-order valence-electron chi connectivity index (χ4n) is 2.17. The van der Waals surface area contributed by atoms with Gasteiger partial charge in [-0.3, -0.25) is 0 Å². The number of aromatic amines is 1. The number of imidazole rings is 1. The second-order valence-corrected chi connectivity index (χ2v) is 4.89.